The number of morpholine rings is 1. The molecule has 180 valence electrons. The van der Waals surface area contributed by atoms with Crippen molar-refractivity contribution in [1.82, 2.24) is 19.4 Å². The van der Waals surface area contributed by atoms with Crippen LogP contribution in [-0.2, 0) is 24.2 Å². The van der Waals surface area contributed by atoms with E-state index < -0.39 is 0 Å². The smallest absolute Gasteiger partial charge is 0.227 e. The fourth-order valence-corrected chi connectivity index (χ4v) is 5.28. The van der Waals surface area contributed by atoms with Gasteiger partial charge in [0.2, 0.25) is 5.95 Å². The van der Waals surface area contributed by atoms with Crippen LogP contribution in [0.5, 0.6) is 5.75 Å². The summed E-state index contributed by atoms with van der Waals surface area (Å²) in [5, 5.41) is 4.58. The molecule has 8 heteroatoms. The van der Waals surface area contributed by atoms with E-state index in [-0.39, 0.29) is 0 Å². The maximum atomic E-state index is 6.45. The summed E-state index contributed by atoms with van der Waals surface area (Å²) in [6.07, 6.45) is 4.03. The van der Waals surface area contributed by atoms with Gasteiger partial charge < -0.3 is 25.1 Å². The van der Waals surface area contributed by atoms with E-state index in [4.69, 9.17) is 20.2 Å². The van der Waals surface area contributed by atoms with Gasteiger partial charge in [0.15, 0.2) is 0 Å². The normalized spacial score (nSPS) is 15.9. The van der Waals surface area contributed by atoms with Crippen LogP contribution in [0.15, 0.2) is 48.7 Å². The van der Waals surface area contributed by atoms with Crippen molar-refractivity contribution in [2.24, 2.45) is 0 Å². The number of nitrogens with two attached hydrogens (primary N) is 1. The van der Waals surface area contributed by atoms with Crippen LogP contribution >= 0.6 is 0 Å². The monoisotopic (exact) mass is 470 g/mol. The molecule has 2 aromatic carbocycles. The molecular formula is C27H30N6O2. The molecule has 0 radical (unpaired) electrons. The van der Waals surface area contributed by atoms with Gasteiger partial charge in [-0.1, -0.05) is 18.2 Å². The van der Waals surface area contributed by atoms with E-state index in [1.54, 1.807) is 13.3 Å². The number of nitrogens with one attached hydrogen (secondary N) is 1. The van der Waals surface area contributed by atoms with Gasteiger partial charge in [-0.05, 0) is 42.7 Å². The van der Waals surface area contributed by atoms with E-state index in [0.29, 0.717) is 17.4 Å². The quantitative estimate of drug-likeness (QED) is 0.408. The number of nitrogen functional groups attached to an aromatic ring is 1. The predicted molar refractivity (Wildman–Crippen MR) is 138 cm³/mol. The van der Waals surface area contributed by atoms with Gasteiger partial charge in [-0.2, -0.15) is 0 Å². The average Bonchev–Trinajstić information content (AvgIpc) is 3.47. The molecule has 0 unspecified atom stereocenters. The zero-order valence-electron chi connectivity index (χ0n) is 20.0. The fourth-order valence-electron chi connectivity index (χ4n) is 5.28. The molecule has 2 aromatic heterocycles. The highest BCUT2D eigenvalue weighted by Gasteiger charge is 2.23. The highest BCUT2D eigenvalue weighted by molar-refractivity contribution is 5.97. The van der Waals surface area contributed by atoms with Crippen molar-refractivity contribution in [2.75, 3.05) is 44.5 Å². The molecule has 0 spiro atoms. The van der Waals surface area contributed by atoms with Gasteiger partial charge in [0.25, 0.3) is 0 Å². The second-order valence-electron chi connectivity index (χ2n) is 9.12. The molecule has 0 bridgehead atoms. The van der Waals surface area contributed by atoms with Crippen molar-refractivity contribution in [1.29, 1.82) is 0 Å². The zero-order chi connectivity index (χ0) is 23.8. The molecule has 3 N–H and O–H groups in total. The van der Waals surface area contributed by atoms with E-state index in [1.165, 1.54) is 22.2 Å². The summed E-state index contributed by atoms with van der Waals surface area (Å²) in [5.41, 5.74) is 13.7. The van der Waals surface area contributed by atoms with Gasteiger partial charge in [-0.3, -0.25) is 4.90 Å². The van der Waals surface area contributed by atoms with Crippen molar-refractivity contribution < 1.29 is 9.47 Å². The molecule has 2 aliphatic rings. The van der Waals surface area contributed by atoms with Crippen LogP contribution in [0.1, 0.15) is 17.7 Å². The number of methoxy groups -OCH3 is 1. The minimum absolute atomic E-state index is 0.517. The largest absolute Gasteiger partial charge is 0.495 e. The molecular weight excluding hydrogens is 440 g/mol. The van der Waals surface area contributed by atoms with E-state index in [2.05, 4.69) is 44.0 Å². The lowest BCUT2D eigenvalue weighted by Gasteiger charge is -2.27. The number of ether oxygens (including phenoxy) is 2. The van der Waals surface area contributed by atoms with E-state index in [9.17, 15) is 0 Å². The van der Waals surface area contributed by atoms with Gasteiger partial charge in [-0.25, -0.2) is 9.97 Å². The lowest BCUT2D eigenvalue weighted by molar-refractivity contribution is 0.0342. The van der Waals surface area contributed by atoms with Crippen LogP contribution in [0.2, 0.25) is 0 Å². The third kappa shape index (κ3) is 4.09. The summed E-state index contributed by atoms with van der Waals surface area (Å²) in [6, 6.07) is 14.5. The third-order valence-electron chi connectivity index (χ3n) is 6.99. The van der Waals surface area contributed by atoms with Crippen molar-refractivity contribution in [3.05, 3.63) is 59.9 Å². The van der Waals surface area contributed by atoms with E-state index >= 15 is 0 Å². The van der Waals surface area contributed by atoms with Crippen molar-refractivity contribution in [3.63, 3.8) is 0 Å². The Morgan fingerprint density at radius 3 is 2.83 bits per heavy atom. The Morgan fingerprint density at radius 2 is 1.97 bits per heavy atom. The van der Waals surface area contributed by atoms with Gasteiger partial charge in [0.05, 0.1) is 31.7 Å². The second-order valence-corrected chi connectivity index (χ2v) is 9.12. The molecule has 1 saturated heterocycles. The molecule has 8 nitrogen and oxygen atoms in total. The standard InChI is InChI=1S/C27H30N6O2/c1-34-25-15-18(17-32-11-13-35-14-12-32)20(28)16-22(25)31-27-29-9-8-21(30-27)26-19-5-2-3-6-23(19)33-10-4-7-24(26)33/h2-3,5-6,8-9,15-16H,4,7,10-14,17,28H2,1H3,(H,29,30,31). The number of anilines is 3. The SMILES string of the molecule is COc1cc(CN2CCOCC2)c(N)cc1Nc1nccc(-c2c3n(c4ccccc24)CCC3)n1. The van der Waals surface area contributed by atoms with Gasteiger partial charge in [-0.15, -0.1) is 0 Å². The van der Waals surface area contributed by atoms with Crippen molar-refractivity contribution >= 4 is 28.2 Å². The summed E-state index contributed by atoms with van der Waals surface area (Å²) in [7, 11) is 1.67. The summed E-state index contributed by atoms with van der Waals surface area (Å²) in [6.45, 7) is 5.14. The number of hydrogen-bond donors (Lipinski definition) is 2. The molecule has 4 heterocycles. The second kappa shape index (κ2) is 9.20. The Kier molecular flexibility index (Phi) is 5.75. The lowest BCUT2D eigenvalue weighted by Crippen LogP contribution is -2.35. The number of benzene rings is 2. The number of aryl methyl sites for hydroxylation is 1. The van der Waals surface area contributed by atoms with E-state index in [1.807, 2.05) is 18.2 Å². The minimum atomic E-state index is 0.517. The number of hydrogen-bond acceptors (Lipinski definition) is 7. The first kappa shape index (κ1) is 21.9. The minimum Gasteiger partial charge on any atom is -0.495 e. The molecule has 6 rings (SSSR count). The molecule has 1 fully saturated rings. The highest BCUT2D eigenvalue weighted by atomic mass is 16.5. The highest BCUT2D eigenvalue weighted by Crippen LogP contribution is 2.38. The van der Waals surface area contributed by atoms with Crippen LogP contribution in [-0.4, -0.2) is 52.8 Å². The maximum absolute atomic E-state index is 6.45. The average molecular weight is 471 g/mol. The first-order valence-electron chi connectivity index (χ1n) is 12.2. The predicted octanol–water partition coefficient (Wildman–Crippen LogP) is 4.21. The van der Waals surface area contributed by atoms with Gasteiger partial charge in [0.1, 0.15) is 5.75 Å². The molecule has 0 saturated carbocycles. The van der Waals surface area contributed by atoms with Crippen molar-refractivity contribution in [3.8, 4) is 17.0 Å². The summed E-state index contributed by atoms with van der Waals surface area (Å²) < 4.78 is 13.6. The van der Waals surface area contributed by atoms with E-state index in [0.717, 1.165) is 69.2 Å². The molecule has 35 heavy (non-hydrogen) atoms. The number of fused-ring (bicyclic) bond motifs is 3. The van der Waals surface area contributed by atoms with Crippen LogP contribution in [0, 0.1) is 0 Å². The first-order chi connectivity index (χ1) is 17.2. The van der Waals surface area contributed by atoms with Crippen LogP contribution in [0.25, 0.3) is 22.2 Å². The Hall–Kier alpha value is -3.62. The molecule has 2 aliphatic heterocycles. The Morgan fingerprint density at radius 1 is 1.11 bits per heavy atom. The Balaban J connectivity index is 1.31. The van der Waals surface area contributed by atoms with Crippen LogP contribution < -0.4 is 15.8 Å². The maximum Gasteiger partial charge on any atom is 0.227 e. The Bertz CT molecular complexity index is 1380. The molecule has 0 atom stereocenters. The summed E-state index contributed by atoms with van der Waals surface area (Å²) in [4.78, 5) is 11.7. The van der Waals surface area contributed by atoms with Crippen LogP contribution in [0.4, 0.5) is 17.3 Å². The molecule has 4 aromatic rings. The van der Waals surface area contributed by atoms with Crippen LogP contribution in [0.3, 0.4) is 0 Å². The first-order valence-corrected chi connectivity index (χ1v) is 12.2. The van der Waals surface area contributed by atoms with Gasteiger partial charge in [0, 0.05) is 60.2 Å². The molecule has 0 aliphatic carbocycles. The fraction of sp³-hybridized carbons (Fsp3) is 0.333. The Labute approximate surface area is 204 Å². The third-order valence-corrected chi connectivity index (χ3v) is 6.99. The number of nitrogens with zero attached hydrogens (tertiary/aromatic N) is 4. The van der Waals surface area contributed by atoms with Gasteiger partial charge >= 0.3 is 0 Å². The topological polar surface area (TPSA) is 90.5 Å². The summed E-state index contributed by atoms with van der Waals surface area (Å²) in [5.74, 6) is 1.23. The zero-order valence-corrected chi connectivity index (χ0v) is 20.0. The number of rotatable bonds is 6. The number of aromatic nitrogens is 3. The summed E-state index contributed by atoms with van der Waals surface area (Å²) >= 11 is 0. The van der Waals surface area contributed by atoms with Crippen molar-refractivity contribution in [2.45, 2.75) is 25.9 Å². The molecule has 0 amide bonds. The number of para-hydroxylation sites is 1. The lowest BCUT2D eigenvalue weighted by atomic mass is 10.1.